The van der Waals surface area contributed by atoms with Gasteiger partial charge in [-0.3, -0.25) is 0 Å². The molecule has 156 valence electrons. The second kappa shape index (κ2) is 8.51. The molecule has 0 saturated heterocycles. The molecule has 0 aliphatic rings. The van der Waals surface area contributed by atoms with E-state index in [1.165, 1.54) is 0 Å². The molecule has 0 saturated carbocycles. The highest BCUT2D eigenvalue weighted by Crippen LogP contribution is 2.38. The Hall–Kier alpha value is -2.59. The van der Waals surface area contributed by atoms with Gasteiger partial charge in [0, 0.05) is 21.2 Å². The lowest BCUT2D eigenvalue weighted by Gasteiger charge is -2.16. The molecule has 0 unspecified atom stereocenters. The van der Waals surface area contributed by atoms with E-state index >= 15 is 0 Å². The largest absolute Gasteiger partial charge is 0.218 e. The van der Waals surface area contributed by atoms with Gasteiger partial charge < -0.3 is 0 Å². The van der Waals surface area contributed by atoms with Gasteiger partial charge in [0.05, 0.1) is 9.79 Å². The van der Waals surface area contributed by atoms with E-state index in [4.69, 9.17) is 23.2 Å². The molecule has 0 spiro atoms. The van der Waals surface area contributed by atoms with Crippen LogP contribution in [0.15, 0.2) is 94.7 Å². The van der Waals surface area contributed by atoms with Crippen LogP contribution in [-0.2, 0) is 9.84 Å². The molecule has 4 aromatic carbocycles. The van der Waals surface area contributed by atoms with Gasteiger partial charge in [-0.05, 0) is 61.4 Å². The molecule has 0 aromatic heterocycles. The lowest BCUT2D eigenvalue weighted by atomic mass is 10.0. The van der Waals surface area contributed by atoms with Gasteiger partial charge in [0.25, 0.3) is 0 Å². The van der Waals surface area contributed by atoms with Gasteiger partial charge >= 0.3 is 0 Å². The van der Waals surface area contributed by atoms with E-state index < -0.39 is 9.84 Å². The van der Waals surface area contributed by atoms with Crippen LogP contribution in [0.3, 0.4) is 0 Å². The van der Waals surface area contributed by atoms with Crippen molar-refractivity contribution < 1.29 is 8.42 Å². The molecule has 31 heavy (non-hydrogen) atoms. The maximum Gasteiger partial charge on any atom is 0.207 e. The standard InChI is InChI=1S/C26H20Cl2O2S/c1-17-9-11-25(23(13-17)19-5-3-7-21(27)15-19)31(29,30)26-12-10-18(2)14-24(26)20-6-4-8-22(28)16-20/h3-16H,1-2H3. The minimum absolute atomic E-state index is 0.243. The maximum absolute atomic E-state index is 13.9. The number of halogens is 2. The van der Waals surface area contributed by atoms with Crippen LogP contribution in [0.4, 0.5) is 0 Å². The number of benzene rings is 4. The fourth-order valence-electron chi connectivity index (χ4n) is 3.64. The zero-order chi connectivity index (χ0) is 22.2. The van der Waals surface area contributed by atoms with Crippen molar-refractivity contribution in [1.82, 2.24) is 0 Å². The Morgan fingerprint density at radius 1 is 0.581 bits per heavy atom. The first-order valence-electron chi connectivity index (χ1n) is 9.74. The summed E-state index contributed by atoms with van der Waals surface area (Å²) in [6, 6.07) is 25.2. The van der Waals surface area contributed by atoms with Gasteiger partial charge in [-0.2, -0.15) is 0 Å². The van der Waals surface area contributed by atoms with Crippen LogP contribution in [0.25, 0.3) is 22.3 Å². The van der Waals surface area contributed by atoms with Gasteiger partial charge in [0.1, 0.15) is 0 Å². The summed E-state index contributed by atoms with van der Waals surface area (Å²) in [6.07, 6.45) is 0. The van der Waals surface area contributed by atoms with E-state index in [1.54, 1.807) is 36.4 Å². The second-order valence-electron chi connectivity index (χ2n) is 7.52. The average molecular weight is 467 g/mol. The third kappa shape index (κ3) is 4.40. The summed E-state index contributed by atoms with van der Waals surface area (Å²) < 4.78 is 27.9. The molecule has 0 bridgehead atoms. The predicted octanol–water partition coefficient (Wildman–Crippen LogP) is 7.78. The lowest BCUT2D eigenvalue weighted by molar-refractivity contribution is 0.596. The molecule has 0 aliphatic carbocycles. The molecule has 0 N–H and O–H groups in total. The Kier molecular flexibility index (Phi) is 5.94. The average Bonchev–Trinajstić information content (AvgIpc) is 2.73. The van der Waals surface area contributed by atoms with Crippen molar-refractivity contribution in [3.63, 3.8) is 0 Å². The van der Waals surface area contributed by atoms with Gasteiger partial charge in [-0.1, -0.05) is 82.9 Å². The van der Waals surface area contributed by atoms with Crippen LogP contribution in [0.5, 0.6) is 0 Å². The van der Waals surface area contributed by atoms with Crippen molar-refractivity contribution in [2.24, 2.45) is 0 Å². The van der Waals surface area contributed by atoms with E-state index in [1.807, 2.05) is 62.4 Å². The molecule has 5 heteroatoms. The van der Waals surface area contributed by atoms with Crippen molar-refractivity contribution in [3.05, 3.63) is 106 Å². The third-order valence-corrected chi connectivity index (χ3v) is 7.46. The predicted molar refractivity (Wildman–Crippen MR) is 129 cm³/mol. The fourth-order valence-corrected chi connectivity index (χ4v) is 5.68. The number of sulfone groups is 1. The van der Waals surface area contributed by atoms with Crippen molar-refractivity contribution in [1.29, 1.82) is 0 Å². The SMILES string of the molecule is Cc1ccc(S(=O)(=O)c2ccc(C)cc2-c2cccc(Cl)c2)c(-c2cccc(Cl)c2)c1. The molecular weight excluding hydrogens is 447 g/mol. The minimum atomic E-state index is -3.84. The summed E-state index contributed by atoms with van der Waals surface area (Å²) in [7, 11) is -3.84. The number of rotatable bonds is 4. The van der Waals surface area contributed by atoms with Crippen LogP contribution in [0.2, 0.25) is 10.0 Å². The maximum atomic E-state index is 13.9. The zero-order valence-electron chi connectivity index (χ0n) is 17.1. The van der Waals surface area contributed by atoms with Gasteiger partial charge in [-0.25, -0.2) is 8.42 Å². The summed E-state index contributed by atoms with van der Waals surface area (Å²) >= 11 is 12.4. The molecule has 0 fully saturated rings. The molecule has 2 nitrogen and oxygen atoms in total. The monoisotopic (exact) mass is 466 g/mol. The summed E-state index contributed by atoms with van der Waals surface area (Å²) in [4.78, 5) is 0.486. The number of aryl methyl sites for hydroxylation is 2. The molecule has 0 amide bonds. The van der Waals surface area contributed by atoms with E-state index in [9.17, 15) is 8.42 Å². The Labute approximate surface area is 193 Å². The van der Waals surface area contributed by atoms with E-state index in [0.29, 0.717) is 21.2 Å². The van der Waals surface area contributed by atoms with Crippen molar-refractivity contribution in [2.75, 3.05) is 0 Å². The quantitative estimate of drug-likeness (QED) is 0.307. The lowest BCUT2D eigenvalue weighted by Crippen LogP contribution is -2.06. The highest BCUT2D eigenvalue weighted by molar-refractivity contribution is 7.91. The first-order valence-corrected chi connectivity index (χ1v) is 12.0. The van der Waals surface area contributed by atoms with Gasteiger partial charge in [0.2, 0.25) is 9.84 Å². The first kappa shape index (κ1) is 21.6. The molecule has 0 aliphatic heterocycles. The molecule has 0 heterocycles. The van der Waals surface area contributed by atoms with Gasteiger partial charge in [-0.15, -0.1) is 0 Å². The summed E-state index contributed by atoms with van der Waals surface area (Å²) in [5.74, 6) is 0. The Morgan fingerprint density at radius 2 is 1.00 bits per heavy atom. The fraction of sp³-hybridized carbons (Fsp3) is 0.0769. The highest BCUT2D eigenvalue weighted by atomic mass is 35.5. The normalized spacial score (nSPS) is 11.5. The van der Waals surface area contributed by atoms with Crippen molar-refractivity contribution in [3.8, 4) is 22.3 Å². The topological polar surface area (TPSA) is 34.1 Å². The Balaban J connectivity index is 1.98. The first-order chi connectivity index (χ1) is 14.8. The summed E-state index contributed by atoms with van der Waals surface area (Å²) in [5, 5.41) is 1.11. The second-order valence-corrected chi connectivity index (χ2v) is 10.3. The smallest absolute Gasteiger partial charge is 0.207 e. The molecule has 4 rings (SSSR count). The van der Waals surface area contributed by atoms with Crippen LogP contribution >= 0.6 is 23.2 Å². The van der Waals surface area contributed by atoms with Crippen molar-refractivity contribution >= 4 is 33.0 Å². The van der Waals surface area contributed by atoms with E-state index in [-0.39, 0.29) is 9.79 Å². The third-order valence-electron chi connectivity index (χ3n) is 5.12. The van der Waals surface area contributed by atoms with Crippen LogP contribution in [0, 0.1) is 13.8 Å². The van der Waals surface area contributed by atoms with E-state index in [0.717, 1.165) is 22.3 Å². The Bertz CT molecular complexity index is 1290. The number of hydrogen-bond acceptors (Lipinski definition) is 2. The van der Waals surface area contributed by atoms with Crippen LogP contribution in [0.1, 0.15) is 11.1 Å². The van der Waals surface area contributed by atoms with E-state index in [2.05, 4.69) is 0 Å². The van der Waals surface area contributed by atoms with Crippen LogP contribution in [-0.4, -0.2) is 8.42 Å². The summed E-state index contributed by atoms with van der Waals surface area (Å²) in [6.45, 7) is 3.88. The summed E-state index contributed by atoms with van der Waals surface area (Å²) in [5.41, 5.74) is 4.69. The number of hydrogen-bond donors (Lipinski definition) is 0. The molecule has 0 atom stereocenters. The Morgan fingerprint density at radius 3 is 1.39 bits per heavy atom. The molecule has 4 aromatic rings. The van der Waals surface area contributed by atoms with Gasteiger partial charge in [0.15, 0.2) is 0 Å². The highest BCUT2D eigenvalue weighted by Gasteiger charge is 2.25. The zero-order valence-corrected chi connectivity index (χ0v) is 19.4. The molecule has 0 radical (unpaired) electrons. The minimum Gasteiger partial charge on any atom is -0.218 e. The van der Waals surface area contributed by atoms with Crippen molar-refractivity contribution in [2.45, 2.75) is 23.6 Å². The van der Waals surface area contributed by atoms with Crippen LogP contribution < -0.4 is 0 Å². The molecular formula is C26H20Cl2O2S.